The van der Waals surface area contributed by atoms with E-state index in [-0.39, 0.29) is 36.0 Å². The number of carbonyl (C=O) groups is 1. The van der Waals surface area contributed by atoms with Crippen molar-refractivity contribution in [1.82, 2.24) is 4.90 Å². The van der Waals surface area contributed by atoms with Gasteiger partial charge in [-0.1, -0.05) is 23.7 Å². The van der Waals surface area contributed by atoms with Crippen molar-refractivity contribution in [2.45, 2.75) is 18.5 Å². The Balaban J connectivity index is 1.56. The quantitative estimate of drug-likeness (QED) is 0.723. The van der Waals surface area contributed by atoms with Crippen LogP contribution in [0.1, 0.15) is 5.56 Å². The van der Waals surface area contributed by atoms with Gasteiger partial charge >= 0.3 is 0 Å². The number of rotatable bonds is 5. The standard InChI is InChI=1S/C21H23ClN2O4S/c1-28-18-8-6-17(7-9-18)24-20-14-29(26,27)13-19(20)23(12-21(24)25)11-10-15-2-4-16(22)5-3-15/h2-9,19-20H,10-14H2,1H3/t19-,20-/m0/s1. The molecule has 0 unspecified atom stereocenters. The monoisotopic (exact) mass is 434 g/mol. The summed E-state index contributed by atoms with van der Waals surface area (Å²) in [4.78, 5) is 16.7. The van der Waals surface area contributed by atoms with Crippen LogP contribution in [0.15, 0.2) is 48.5 Å². The number of hydrogen-bond donors (Lipinski definition) is 0. The highest BCUT2D eigenvalue weighted by Crippen LogP contribution is 2.32. The van der Waals surface area contributed by atoms with E-state index in [4.69, 9.17) is 16.3 Å². The van der Waals surface area contributed by atoms with E-state index in [0.29, 0.717) is 23.0 Å². The highest BCUT2D eigenvalue weighted by atomic mass is 35.5. The lowest BCUT2D eigenvalue weighted by Gasteiger charge is -2.43. The van der Waals surface area contributed by atoms with Crippen molar-refractivity contribution in [3.05, 3.63) is 59.1 Å². The molecule has 0 aliphatic carbocycles. The van der Waals surface area contributed by atoms with Crippen LogP contribution < -0.4 is 9.64 Å². The van der Waals surface area contributed by atoms with Gasteiger partial charge < -0.3 is 9.64 Å². The lowest BCUT2D eigenvalue weighted by atomic mass is 10.0. The number of methoxy groups -OCH3 is 1. The van der Waals surface area contributed by atoms with Crippen LogP contribution >= 0.6 is 11.6 Å². The van der Waals surface area contributed by atoms with E-state index in [9.17, 15) is 13.2 Å². The number of amides is 1. The Bertz CT molecular complexity index is 992. The number of halogens is 1. The maximum Gasteiger partial charge on any atom is 0.241 e. The second-order valence-corrected chi connectivity index (χ2v) is 10.1. The summed E-state index contributed by atoms with van der Waals surface area (Å²) in [5.74, 6) is 0.688. The molecule has 2 saturated heterocycles. The van der Waals surface area contributed by atoms with Gasteiger partial charge in [0.15, 0.2) is 9.84 Å². The minimum atomic E-state index is -3.21. The van der Waals surface area contributed by atoms with Crippen molar-refractivity contribution in [2.75, 3.05) is 36.6 Å². The molecular formula is C21H23ClN2O4S. The Hall–Kier alpha value is -2.09. The first-order valence-electron chi connectivity index (χ1n) is 9.51. The van der Waals surface area contributed by atoms with Crippen LogP contribution in [0.3, 0.4) is 0 Å². The number of nitrogens with zero attached hydrogens (tertiary/aromatic N) is 2. The summed E-state index contributed by atoms with van der Waals surface area (Å²) >= 11 is 5.94. The Morgan fingerprint density at radius 1 is 1.03 bits per heavy atom. The summed E-state index contributed by atoms with van der Waals surface area (Å²) in [6.07, 6.45) is 0.732. The van der Waals surface area contributed by atoms with E-state index < -0.39 is 9.84 Å². The Morgan fingerprint density at radius 3 is 2.34 bits per heavy atom. The fourth-order valence-electron chi connectivity index (χ4n) is 4.20. The zero-order valence-corrected chi connectivity index (χ0v) is 17.7. The van der Waals surface area contributed by atoms with Crippen molar-refractivity contribution in [3.63, 3.8) is 0 Å². The van der Waals surface area contributed by atoms with Gasteiger partial charge in [-0.2, -0.15) is 0 Å². The van der Waals surface area contributed by atoms with Gasteiger partial charge in [-0.3, -0.25) is 9.69 Å². The molecule has 2 aromatic carbocycles. The minimum Gasteiger partial charge on any atom is -0.497 e. The molecule has 0 saturated carbocycles. The summed E-state index contributed by atoms with van der Waals surface area (Å²) in [7, 11) is -1.62. The molecule has 0 radical (unpaired) electrons. The molecule has 2 aliphatic heterocycles. The van der Waals surface area contributed by atoms with E-state index in [1.807, 2.05) is 41.3 Å². The molecular weight excluding hydrogens is 412 g/mol. The van der Waals surface area contributed by atoms with Gasteiger partial charge in [-0.25, -0.2) is 8.42 Å². The molecule has 29 heavy (non-hydrogen) atoms. The van der Waals surface area contributed by atoms with Gasteiger partial charge in [0.25, 0.3) is 0 Å². The molecule has 2 fully saturated rings. The van der Waals surface area contributed by atoms with Gasteiger partial charge in [-0.15, -0.1) is 0 Å². The van der Waals surface area contributed by atoms with Crippen LogP contribution in [-0.2, 0) is 21.1 Å². The summed E-state index contributed by atoms with van der Waals surface area (Å²) < 4.78 is 30.1. The Kier molecular flexibility index (Phi) is 5.55. The number of hydrogen-bond acceptors (Lipinski definition) is 5. The molecule has 2 heterocycles. The number of benzene rings is 2. The Labute approximate surface area is 175 Å². The van der Waals surface area contributed by atoms with Crippen LogP contribution in [0.5, 0.6) is 5.75 Å². The number of fused-ring (bicyclic) bond motifs is 1. The maximum absolute atomic E-state index is 13.0. The average molecular weight is 435 g/mol. The summed E-state index contributed by atoms with van der Waals surface area (Å²) in [5.41, 5.74) is 1.82. The fraction of sp³-hybridized carbons (Fsp3) is 0.381. The van der Waals surface area contributed by atoms with Gasteiger partial charge in [-0.05, 0) is 48.4 Å². The number of piperazine rings is 1. The third kappa shape index (κ3) is 4.27. The molecule has 1 amide bonds. The number of carbonyl (C=O) groups excluding carboxylic acids is 1. The van der Waals surface area contributed by atoms with Crippen molar-refractivity contribution < 1.29 is 17.9 Å². The fourth-order valence-corrected chi connectivity index (χ4v) is 6.31. The van der Waals surface area contributed by atoms with Gasteiger partial charge in [0.05, 0.1) is 31.2 Å². The largest absolute Gasteiger partial charge is 0.497 e. The molecule has 154 valence electrons. The van der Waals surface area contributed by atoms with Crippen LogP contribution in [0.4, 0.5) is 5.69 Å². The third-order valence-electron chi connectivity index (χ3n) is 5.65. The number of anilines is 1. The highest BCUT2D eigenvalue weighted by molar-refractivity contribution is 7.91. The Morgan fingerprint density at radius 2 is 1.69 bits per heavy atom. The van der Waals surface area contributed by atoms with E-state index in [0.717, 1.165) is 12.0 Å². The second-order valence-electron chi connectivity index (χ2n) is 7.52. The lowest BCUT2D eigenvalue weighted by molar-refractivity contribution is -0.123. The first-order valence-corrected chi connectivity index (χ1v) is 11.7. The van der Waals surface area contributed by atoms with E-state index >= 15 is 0 Å². The van der Waals surface area contributed by atoms with Gasteiger partial charge in [0, 0.05) is 23.3 Å². The normalized spacial score (nSPS) is 23.8. The molecule has 0 spiro atoms. The molecule has 6 nitrogen and oxygen atoms in total. The van der Waals surface area contributed by atoms with Crippen molar-refractivity contribution >= 4 is 33.0 Å². The molecule has 0 bridgehead atoms. The average Bonchev–Trinajstić information content (AvgIpc) is 3.02. The predicted molar refractivity (Wildman–Crippen MR) is 113 cm³/mol. The molecule has 0 N–H and O–H groups in total. The predicted octanol–water partition coefficient (Wildman–Crippen LogP) is 2.41. The summed E-state index contributed by atoms with van der Waals surface area (Å²) in [6.45, 7) is 0.830. The van der Waals surface area contributed by atoms with Crippen molar-refractivity contribution in [2.24, 2.45) is 0 Å². The lowest BCUT2D eigenvalue weighted by Crippen LogP contribution is -2.62. The van der Waals surface area contributed by atoms with Crippen LogP contribution in [0.25, 0.3) is 0 Å². The molecule has 2 atom stereocenters. The van der Waals surface area contributed by atoms with Gasteiger partial charge in [0.1, 0.15) is 5.75 Å². The molecule has 8 heteroatoms. The minimum absolute atomic E-state index is 0.00706. The second kappa shape index (κ2) is 7.97. The van der Waals surface area contributed by atoms with E-state index in [1.165, 1.54) is 0 Å². The van der Waals surface area contributed by atoms with E-state index in [2.05, 4.69) is 0 Å². The highest BCUT2D eigenvalue weighted by Gasteiger charge is 2.49. The van der Waals surface area contributed by atoms with E-state index in [1.54, 1.807) is 24.1 Å². The zero-order valence-electron chi connectivity index (χ0n) is 16.1. The first-order chi connectivity index (χ1) is 13.9. The SMILES string of the molecule is COc1ccc(N2C(=O)CN(CCc3ccc(Cl)cc3)[C@H]3CS(=O)(=O)C[C@@H]32)cc1. The number of ether oxygens (including phenoxy) is 1. The molecule has 2 aromatic rings. The van der Waals surface area contributed by atoms with Crippen molar-refractivity contribution in [1.29, 1.82) is 0 Å². The first kappa shape index (κ1) is 20.2. The number of sulfone groups is 1. The molecule has 4 rings (SSSR count). The van der Waals surface area contributed by atoms with Crippen molar-refractivity contribution in [3.8, 4) is 5.75 Å². The van der Waals surface area contributed by atoms with Crippen LogP contribution in [-0.4, -0.2) is 63.0 Å². The van der Waals surface area contributed by atoms with Gasteiger partial charge in [0.2, 0.25) is 5.91 Å². The topological polar surface area (TPSA) is 66.9 Å². The van der Waals surface area contributed by atoms with Crippen LogP contribution in [0, 0.1) is 0 Å². The smallest absolute Gasteiger partial charge is 0.241 e. The van der Waals surface area contributed by atoms with Crippen LogP contribution in [0.2, 0.25) is 5.02 Å². The summed E-state index contributed by atoms with van der Waals surface area (Å²) in [5, 5.41) is 0.680. The maximum atomic E-state index is 13.0. The third-order valence-corrected chi connectivity index (χ3v) is 7.60. The summed E-state index contributed by atoms with van der Waals surface area (Å²) in [6, 6.07) is 14.2. The zero-order chi connectivity index (χ0) is 20.6. The molecule has 2 aliphatic rings. The molecule has 0 aromatic heterocycles.